The summed E-state index contributed by atoms with van der Waals surface area (Å²) in [5.74, 6) is 1.42. The zero-order valence-corrected chi connectivity index (χ0v) is 8.42. The second-order valence-corrected chi connectivity index (χ2v) is 4.57. The molecule has 0 aliphatic carbocycles. The van der Waals surface area contributed by atoms with E-state index in [1.807, 2.05) is 0 Å². The number of hydrogen-bond donors (Lipinski definition) is 0. The van der Waals surface area contributed by atoms with Gasteiger partial charge in [-0.1, -0.05) is 0 Å². The van der Waals surface area contributed by atoms with E-state index >= 15 is 0 Å². The average molecular weight is 193 g/mol. The highest BCUT2D eigenvalue weighted by atomic mass is 31.2. The monoisotopic (exact) mass is 193 g/mol. The first-order valence-electron chi connectivity index (χ1n) is 3.27. The SMILES string of the molecule is COOP(=O)(C#N)OC(C)(C)C. The second-order valence-electron chi connectivity index (χ2n) is 3.04. The van der Waals surface area contributed by atoms with E-state index < -0.39 is 13.2 Å². The van der Waals surface area contributed by atoms with Crippen molar-refractivity contribution in [2.45, 2.75) is 26.4 Å². The summed E-state index contributed by atoms with van der Waals surface area (Å²) >= 11 is 0. The highest BCUT2D eigenvalue weighted by Gasteiger charge is 2.31. The summed E-state index contributed by atoms with van der Waals surface area (Å²) in [7, 11) is -2.58. The number of nitriles is 1. The van der Waals surface area contributed by atoms with Crippen LogP contribution in [0.5, 0.6) is 0 Å². The van der Waals surface area contributed by atoms with Gasteiger partial charge in [0.05, 0.1) is 12.7 Å². The van der Waals surface area contributed by atoms with Crippen LogP contribution in [0.3, 0.4) is 0 Å². The molecule has 0 saturated carbocycles. The Morgan fingerprint density at radius 1 is 1.42 bits per heavy atom. The van der Waals surface area contributed by atoms with Crippen molar-refractivity contribution in [2.75, 3.05) is 7.11 Å². The van der Waals surface area contributed by atoms with E-state index in [4.69, 9.17) is 9.79 Å². The summed E-state index contributed by atoms with van der Waals surface area (Å²) in [5.41, 5.74) is -0.705. The van der Waals surface area contributed by atoms with Crippen LogP contribution in [0.4, 0.5) is 0 Å². The van der Waals surface area contributed by atoms with Crippen LogP contribution in [-0.4, -0.2) is 12.7 Å². The lowest BCUT2D eigenvalue weighted by Gasteiger charge is -2.20. The van der Waals surface area contributed by atoms with Gasteiger partial charge in [0.2, 0.25) is 0 Å². The van der Waals surface area contributed by atoms with E-state index in [0.29, 0.717) is 0 Å². The van der Waals surface area contributed by atoms with Crippen LogP contribution in [-0.2, 0) is 18.7 Å². The van der Waals surface area contributed by atoms with Gasteiger partial charge < -0.3 is 0 Å². The number of nitrogens with zero attached hydrogens (tertiary/aromatic N) is 1. The Kier molecular flexibility index (Phi) is 3.88. The normalized spacial score (nSPS) is 16.6. The van der Waals surface area contributed by atoms with Gasteiger partial charge in [-0.05, 0) is 20.8 Å². The smallest absolute Gasteiger partial charge is 0.291 e. The molecule has 0 aromatic heterocycles. The van der Waals surface area contributed by atoms with E-state index in [9.17, 15) is 4.57 Å². The first-order valence-corrected chi connectivity index (χ1v) is 4.82. The molecule has 0 spiro atoms. The van der Waals surface area contributed by atoms with Crippen molar-refractivity contribution in [2.24, 2.45) is 0 Å². The third-order valence-electron chi connectivity index (χ3n) is 0.689. The molecular weight excluding hydrogens is 181 g/mol. The maximum atomic E-state index is 11.3. The highest BCUT2D eigenvalue weighted by Crippen LogP contribution is 2.50. The Morgan fingerprint density at radius 3 is 2.17 bits per heavy atom. The topological polar surface area (TPSA) is 68.5 Å². The summed E-state index contributed by atoms with van der Waals surface area (Å²) < 4.78 is 20.4. The van der Waals surface area contributed by atoms with Crippen molar-refractivity contribution < 1.29 is 18.7 Å². The fraction of sp³-hybridized carbons (Fsp3) is 0.833. The van der Waals surface area contributed by atoms with Gasteiger partial charge in [0, 0.05) is 0 Å². The maximum Gasteiger partial charge on any atom is 0.458 e. The maximum absolute atomic E-state index is 11.3. The van der Waals surface area contributed by atoms with Crippen molar-refractivity contribution in [1.29, 1.82) is 5.26 Å². The Morgan fingerprint density at radius 2 is 1.92 bits per heavy atom. The molecule has 1 unspecified atom stereocenters. The highest BCUT2D eigenvalue weighted by molar-refractivity contribution is 7.59. The largest absolute Gasteiger partial charge is 0.458 e. The molecule has 0 aromatic carbocycles. The van der Waals surface area contributed by atoms with Crippen molar-refractivity contribution in [3.8, 4) is 5.81 Å². The molecule has 6 heteroatoms. The van der Waals surface area contributed by atoms with Gasteiger partial charge in [-0.2, -0.15) is 5.26 Å². The molecule has 0 aliphatic rings. The van der Waals surface area contributed by atoms with Gasteiger partial charge in [-0.25, -0.2) is 9.45 Å². The molecule has 0 bridgehead atoms. The summed E-state index contributed by atoms with van der Waals surface area (Å²) in [6, 6.07) is 0. The molecule has 0 fully saturated rings. The molecule has 0 aromatic rings. The van der Waals surface area contributed by atoms with Crippen LogP contribution in [0.15, 0.2) is 0 Å². The fourth-order valence-electron chi connectivity index (χ4n) is 0.511. The Labute approximate surface area is 71.7 Å². The molecule has 0 amide bonds. The van der Waals surface area contributed by atoms with E-state index in [0.717, 1.165) is 7.11 Å². The molecule has 0 rings (SSSR count). The molecule has 12 heavy (non-hydrogen) atoms. The lowest BCUT2D eigenvalue weighted by molar-refractivity contribution is -0.189. The minimum atomic E-state index is -3.74. The van der Waals surface area contributed by atoms with Crippen LogP contribution in [0.2, 0.25) is 0 Å². The van der Waals surface area contributed by atoms with Crippen molar-refractivity contribution in [3.63, 3.8) is 0 Å². The van der Waals surface area contributed by atoms with Crippen LogP contribution < -0.4 is 0 Å². The van der Waals surface area contributed by atoms with E-state index in [1.165, 1.54) is 5.81 Å². The summed E-state index contributed by atoms with van der Waals surface area (Å²) in [6.07, 6.45) is 0. The minimum Gasteiger partial charge on any atom is -0.291 e. The lowest BCUT2D eigenvalue weighted by Crippen LogP contribution is -2.17. The third-order valence-corrected chi connectivity index (χ3v) is 2.07. The second kappa shape index (κ2) is 4.01. The predicted octanol–water partition coefficient (Wildman–Crippen LogP) is 2.05. The Bertz CT molecular complexity index is 227. The first kappa shape index (κ1) is 11.6. The minimum absolute atomic E-state index is 0.705. The molecule has 70 valence electrons. The zero-order valence-electron chi connectivity index (χ0n) is 7.53. The predicted molar refractivity (Wildman–Crippen MR) is 42.2 cm³/mol. The molecule has 5 nitrogen and oxygen atoms in total. The summed E-state index contributed by atoms with van der Waals surface area (Å²) in [4.78, 5) is 4.13. The van der Waals surface area contributed by atoms with Crippen LogP contribution in [0.1, 0.15) is 20.8 Å². The van der Waals surface area contributed by atoms with Gasteiger partial charge in [0.25, 0.3) is 0 Å². The van der Waals surface area contributed by atoms with Crippen molar-refractivity contribution in [3.05, 3.63) is 0 Å². The van der Waals surface area contributed by atoms with Crippen molar-refractivity contribution in [1.82, 2.24) is 0 Å². The van der Waals surface area contributed by atoms with Crippen LogP contribution in [0, 0.1) is 11.1 Å². The third kappa shape index (κ3) is 4.47. The number of rotatable bonds is 3. The summed E-state index contributed by atoms with van der Waals surface area (Å²) in [5, 5.41) is 8.44. The molecular formula is C6H12NO4P. The van der Waals surface area contributed by atoms with E-state index in [2.05, 4.69) is 9.56 Å². The molecule has 0 N–H and O–H groups in total. The van der Waals surface area contributed by atoms with Crippen LogP contribution >= 0.6 is 7.60 Å². The summed E-state index contributed by atoms with van der Waals surface area (Å²) in [6.45, 7) is 4.99. The van der Waals surface area contributed by atoms with E-state index in [1.54, 1.807) is 20.8 Å². The quantitative estimate of drug-likeness (QED) is 0.389. The zero-order chi connectivity index (χ0) is 9.83. The molecule has 0 saturated heterocycles. The molecule has 0 radical (unpaired) electrons. The van der Waals surface area contributed by atoms with Crippen molar-refractivity contribution >= 4 is 7.60 Å². The standard InChI is InChI=1S/C6H12NO4P/c1-6(2,3)10-12(8,5-7)11-9-4/h1-4H3. The first-order chi connectivity index (χ1) is 5.33. The van der Waals surface area contributed by atoms with Gasteiger partial charge in [-0.15, -0.1) is 4.67 Å². The molecule has 0 heterocycles. The average Bonchev–Trinajstić information content (AvgIpc) is 1.84. The van der Waals surface area contributed by atoms with Gasteiger partial charge in [0.1, 0.15) is 0 Å². The van der Waals surface area contributed by atoms with Crippen LogP contribution in [0.25, 0.3) is 0 Å². The van der Waals surface area contributed by atoms with Gasteiger partial charge in [-0.3, -0.25) is 4.52 Å². The molecule has 0 aliphatic heterocycles. The number of hydrogen-bond acceptors (Lipinski definition) is 5. The van der Waals surface area contributed by atoms with Gasteiger partial charge >= 0.3 is 7.60 Å². The van der Waals surface area contributed by atoms with Gasteiger partial charge in [0.15, 0.2) is 5.81 Å². The molecule has 1 atom stereocenters. The fourth-order valence-corrected chi connectivity index (χ4v) is 1.53. The van der Waals surface area contributed by atoms with E-state index in [-0.39, 0.29) is 0 Å². The Hall–Kier alpha value is -0.400. The lowest BCUT2D eigenvalue weighted by atomic mass is 10.2. The Balaban J connectivity index is 4.39.